The molecule has 0 unspecified atom stereocenters. The fourth-order valence-electron chi connectivity index (χ4n) is 5.34. The Morgan fingerprint density at radius 3 is 2.41 bits per heavy atom. The number of urea groups is 1. The number of aryl methyl sites for hydroxylation is 1. The van der Waals surface area contributed by atoms with Crippen molar-refractivity contribution in [3.8, 4) is 0 Å². The molecule has 34 heavy (non-hydrogen) atoms. The molecule has 2 aliphatic rings. The zero-order valence-electron chi connectivity index (χ0n) is 19.7. The van der Waals surface area contributed by atoms with Crippen LogP contribution in [-0.2, 0) is 10.3 Å². The summed E-state index contributed by atoms with van der Waals surface area (Å²) in [7, 11) is 0. The van der Waals surface area contributed by atoms with Crippen LogP contribution in [0.5, 0.6) is 0 Å². The van der Waals surface area contributed by atoms with Gasteiger partial charge in [0.25, 0.3) is 11.8 Å². The fourth-order valence-corrected chi connectivity index (χ4v) is 5.34. The van der Waals surface area contributed by atoms with Gasteiger partial charge in [0.2, 0.25) is 0 Å². The number of rotatable bonds is 4. The molecule has 2 N–H and O–H groups in total. The molecule has 2 saturated heterocycles. The molecule has 3 heterocycles. The van der Waals surface area contributed by atoms with E-state index in [1.54, 1.807) is 24.3 Å². The van der Waals surface area contributed by atoms with E-state index in [4.69, 9.17) is 4.42 Å². The van der Waals surface area contributed by atoms with E-state index in [0.29, 0.717) is 30.1 Å². The highest BCUT2D eigenvalue weighted by Gasteiger charge is 2.50. The Kier molecular flexibility index (Phi) is 5.42. The minimum absolute atomic E-state index is 0.0174. The van der Waals surface area contributed by atoms with Crippen LogP contribution >= 0.6 is 0 Å². The first-order valence-electron chi connectivity index (χ1n) is 11.8. The molecule has 2 aromatic carbocycles. The summed E-state index contributed by atoms with van der Waals surface area (Å²) in [5.74, 6) is -0.167. The largest absolute Gasteiger partial charge is 0.464 e. The van der Waals surface area contributed by atoms with Gasteiger partial charge in [-0.3, -0.25) is 14.9 Å². The molecule has 1 aromatic heterocycles. The third kappa shape index (κ3) is 3.56. The number of likely N-dealkylation sites (tertiary alicyclic amines) is 1. The molecule has 0 aliphatic carbocycles. The predicted octanol–water partition coefficient (Wildman–Crippen LogP) is 4.45. The van der Waals surface area contributed by atoms with Crippen LogP contribution in [0.15, 0.2) is 53.1 Å². The summed E-state index contributed by atoms with van der Waals surface area (Å²) in [4.78, 5) is 39.4. The molecule has 4 amide bonds. The summed E-state index contributed by atoms with van der Waals surface area (Å²) in [5, 5.41) is 6.27. The van der Waals surface area contributed by atoms with Gasteiger partial charge in [-0.25, -0.2) is 4.79 Å². The predicted molar refractivity (Wildman–Crippen MR) is 128 cm³/mol. The Balaban J connectivity index is 1.28. The SMILES string of the molecule is Cc1ccc2c(C3CCN(C(=O)c4ccc([C@@]5(C(C)C)NC(=O)NC5=O)cc4)CC3)coc2c1. The molecular weight excluding hydrogens is 430 g/mol. The van der Waals surface area contributed by atoms with Crippen LogP contribution in [0.2, 0.25) is 0 Å². The quantitative estimate of drug-likeness (QED) is 0.564. The lowest BCUT2D eigenvalue weighted by Gasteiger charge is -2.32. The smallest absolute Gasteiger partial charge is 0.322 e. The van der Waals surface area contributed by atoms with Gasteiger partial charge < -0.3 is 14.6 Å². The Bertz CT molecular complexity index is 1270. The van der Waals surface area contributed by atoms with Crippen molar-refractivity contribution in [1.82, 2.24) is 15.5 Å². The lowest BCUT2D eigenvalue weighted by atomic mass is 9.79. The van der Waals surface area contributed by atoms with Crippen LogP contribution in [0, 0.1) is 12.8 Å². The van der Waals surface area contributed by atoms with Crippen LogP contribution < -0.4 is 10.6 Å². The number of furan rings is 1. The van der Waals surface area contributed by atoms with Gasteiger partial charge in [0.15, 0.2) is 0 Å². The monoisotopic (exact) mass is 459 g/mol. The highest BCUT2D eigenvalue weighted by atomic mass is 16.3. The van der Waals surface area contributed by atoms with Crippen molar-refractivity contribution in [3.05, 3.63) is 71.0 Å². The molecule has 2 fully saturated rings. The minimum atomic E-state index is -1.12. The first-order valence-corrected chi connectivity index (χ1v) is 11.8. The molecular formula is C27H29N3O4. The zero-order valence-corrected chi connectivity index (χ0v) is 19.7. The van der Waals surface area contributed by atoms with Gasteiger partial charge in [-0.05, 0) is 60.9 Å². The van der Waals surface area contributed by atoms with Gasteiger partial charge in [0.05, 0.1) is 6.26 Å². The molecule has 7 nitrogen and oxygen atoms in total. The van der Waals surface area contributed by atoms with E-state index < -0.39 is 11.6 Å². The molecule has 7 heteroatoms. The number of nitrogens with one attached hydrogen (secondary N) is 2. The molecule has 0 spiro atoms. The van der Waals surface area contributed by atoms with E-state index in [0.717, 1.165) is 23.8 Å². The number of imide groups is 1. The maximum absolute atomic E-state index is 13.2. The van der Waals surface area contributed by atoms with Gasteiger partial charge in [0.1, 0.15) is 11.1 Å². The standard InChI is InChI=1S/C27H29N3O4/c1-16(2)27(25(32)28-26(33)29-27)20-7-5-19(6-8-20)24(31)30-12-10-18(11-13-30)22-15-34-23-14-17(3)4-9-21(22)23/h4-9,14-16,18H,10-13H2,1-3H3,(H2,28,29,32,33)/t27-/m1/s1. The lowest BCUT2D eigenvalue weighted by Crippen LogP contribution is -2.48. The van der Waals surface area contributed by atoms with E-state index >= 15 is 0 Å². The molecule has 2 aliphatic heterocycles. The van der Waals surface area contributed by atoms with Crippen LogP contribution in [-0.4, -0.2) is 35.8 Å². The van der Waals surface area contributed by atoms with Crippen molar-refractivity contribution in [2.75, 3.05) is 13.1 Å². The summed E-state index contributed by atoms with van der Waals surface area (Å²) < 4.78 is 5.78. The van der Waals surface area contributed by atoms with Crippen molar-refractivity contribution >= 4 is 28.8 Å². The van der Waals surface area contributed by atoms with E-state index in [1.165, 1.54) is 11.1 Å². The third-order valence-electron chi connectivity index (χ3n) is 7.33. The molecule has 1 atom stereocenters. The normalized spacial score (nSPS) is 21.2. The summed E-state index contributed by atoms with van der Waals surface area (Å²) in [6, 6.07) is 12.8. The molecule has 0 bridgehead atoms. The maximum Gasteiger partial charge on any atom is 0.322 e. The zero-order chi connectivity index (χ0) is 24.0. The maximum atomic E-state index is 13.2. The van der Waals surface area contributed by atoms with Crippen molar-refractivity contribution in [1.29, 1.82) is 0 Å². The van der Waals surface area contributed by atoms with Crippen LogP contribution in [0.1, 0.15) is 59.7 Å². The second-order valence-electron chi connectivity index (χ2n) is 9.71. The summed E-state index contributed by atoms with van der Waals surface area (Å²) in [6.45, 7) is 7.19. The van der Waals surface area contributed by atoms with E-state index in [2.05, 4.69) is 35.8 Å². The molecule has 0 radical (unpaired) electrons. The Hall–Kier alpha value is -3.61. The first kappa shape index (κ1) is 22.2. The molecule has 176 valence electrons. The first-order chi connectivity index (χ1) is 16.3. The average Bonchev–Trinajstić information content (AvgIpc) is 3.38. The fraction of sp³-hybridized carbons (Fsp3) is 0.370. The van der Waals surface area contributed by atoms with Gasteiger partial charge in [-0.15, -0.1) is 0 Å². The number of fused-ring (bicyclic) bond motifs is 1. The van der Waals surface area contributed by atoms with Crippen molar-refractivity contribution in [2.45, 2.75) is 45.1 Å². The number of nitrogens with zero attached hydrogens (tertiary/aromatic N) is 1. The molecule has 3 aromatic rings. The van der Waals surface area contributed by atoms with E-state index in [1.807, 2.05) is 25.0 Å². The van der Waals surface area contributed by atoms with Crippen molar-refractivity contribution < 1.29 is 18.8 Å². The van der Waals surface area contributed by atoms with E-state index in [9.17, 15) is 14.4 Å². The highest BCUT2D eigenvalue weighted by Crippen LogP contribution is 2.36. The number of hydrogen-bond acceptors (Lipinski definition) is 4. The number of carbonyl (C=O) groups excluding carboxylic acids is 3. The van der Waals surface area contributed by atoms with Gasteiger partial charge in [-0.2, -0.15) is 0 Å². The number of amides is 4. The Morgan fingerprint density at radius 2 is 1.79 bits per heavy atom. The second kappa shape index (κ2) is 8.31. The number of benzene rings is 2. The second-order valence-corrected chi connectivity index (χ2v) is 9.71. The molecule has 5 rings (SSSR count). The van der Waals surface area contributed by atoms with Gasteiger partial charge in [-0.1, -0.05) is 38.1 Å². The van der Waals surface area contributed by atoms with Crippen LogP contribution in [0.25, 0.3) is 11.0 Å². The minimum Gasteiger partial charge on any atom is -0.464 e. The van der Waals surface area contributed by atoms with E-state index in [-0.39, 0.29) is 17.7 Å². The summed E-state index contributed by atoms with van der Waals surface area (Å²) in [6.07, 6.45) is 3.64. The summed E-state index contributed by atoms with van der Waals surface area (Å²) in [5.41, 5.74) is 3.44. The lowest BCUT2D eigenvalue weighted by molar-refractivity contribution is -0.125. The number of hydrogen-bond donors (Lipinski definition) is 2. The average molecular weight is 460 g/mol. The van der Waals surface area contributed by atoms with Gasteiger partial charge >= 0.3 is 6.03 Å². The van der Waals surface area contributed by atoms with Crippen molar-refractivity contribution in [3.63, 3.8) is 0 Å². The Morgan fingerprint density at radius 1 is 1.09 bits per heavy atom. The number of carbonyl (C=O) groups is 3. The highest BCUT2D eigenvalue weighted by molar-refractivity contribution is 6.07. The van der Waals surface area contributed by atoms with Crippen LogP contribution in [0.3, 0.4) is 0 Å². The topological polar surface area (TPSA) is 91.7 Å². The number of piperidine rings is 1. The third-order valence-corrected chi connectivity index (χ3v) is 7.33. The molecule has 0 saturated carbocycles. The van der Waals surface area contributed by atoms with Crippen molar-refractivity contribution in [2.24, 2.45) is 5.92 Å². The van der Waals surface area contributed by atoms with Crippen LogP contribution in [0.4, 0.5) is 4.79 Å². The summed E-state index contributed by atoms with van der Waals surface area (Å²) >= 11 is 0. The Labute approximate surface area is 198 Å². The van der Waals surface area contributed by atoms with Gasteiger partial charge in [0, 0.05) is 29.6 Å².